The maximum Gasteiger partial charge on any atom is 0.220 e. The lowest BCUT2D eigenvalue weighted by atomic mass is 9.82. The largest absolute Gasteiger partial charge is 0.396 e. The molecule has 1 fully saturated rings. The summed E-state index contributed by atoms with van der Waals surface area (Å²) in [6, 6.07) is 5.88. The SMILES string of the molecule is O=C(CCCO)NC(c1ccccn1)C1CCCCC1. The zero-order chi connectivity index (χ0) is 14.2. The van der Waals surface area contributed by atoms with E-state index in [1.54, 1.807) is 6.20 Å². The summed E-state index contributed by atoms with van der Waals surface area (Å²) >= 11 is 0. The molecule has 0 spiro atoms. The van der Waals surface area contributed by atoms with Crippen molar-refractivity contribution in [3.05, 3.63) is 30.1 Å². The second-order valence-electron chi connectivity index (χ2n) is 5.53. The Morgan fingerprint density at radius 2 is 2.15 bits per heavy atom. The summed E-state index contributed by atoms with van der Waals surface area (Å²) in [7, 11) is 0. The number of nitrogens with one attached hydrogen (secondary N) is 1. The maximum absolute atomic E-state index is 12.0. The number of pyridine rings is 1. The molecule has 0 radical (unpaired) electrons. The average molecular weight is 276 g/mol. The number of aromatic nitrogens is 1. The minimum atomic E-state index is 0.0141. The molecule has 2 rings (SSSR count). The molecular formula is C16H24N2O2. The third-order valence-electron chi connectivity index (χ3n) is 4.01. The number of carbonyl (C=O) groups is 1. The van der Waals surface area contributed by atoms with Gasteiger partial charge in [0.05, 0.1) is 11.7 Å². The minimum absolute atomic E-state index is 0.0141. The number of nitrogens with zero attached hydrogens (tertiary/aromatic N) is 1. The summed E-state index contributed by atoms with van der Waals surface area (Å²) < 4.78 is 0. The lowest BCUT2D eigenvalue weighted by Crippen LogP contribution is -2.35. The average Bonchev–Trinajstić information content (AvgIpc) is 2.52. The van der Waals surface area contributed by atoms with E-state index in [2.05, 4.69) is 10.3 Å². The van der Waals surface area contributed by atoms with Crippen molar-refractivity contribution < 1.29 is 9.90 Å². The number of amides is 1. The fourth-order valence-electron chi connectivity index (χ4n) is 2.95. The molecule has 2 N–H and O–H groups in total. The molecule has 0 bridgehead atoms. The van der Waals surface area contributed by atoms with Gasteiger partial charge >= 0.3 is 0 Å². The first-order valence-corrected chi connectivity index (χ1v) is 7.62. The van der Waals surface area contributed by atoms with Crippen LogP contribution in [0.25, 0.3) is 0 Å². The highest BCUT2D eigenvalue weighted by Crippen LogP contribution is 2.33. The summed E-state index contributed by atoms with van der Waals surface area (Å²) in [5.74, 6) is 0.497. The molecule has 1 saturated carbocycles. The Labute approximate surface area is 120 Å². The quantitative estimate of drug-likeness (QED) is 0.839. The van der Waals surface area contributed by atoms with E-state index in [-0.39, 0.29) is 18.6 Å². The molecule has 1 heterocycles. The van der Waals surface area contributed by atoms with Gasteiger partial charge < -0.3 is 10.4 Å². The highest BCUT2D eigenvalue weighted by atomic mass is 16.3. The normalized spacial score (nSPS) is 17.6. The van der Waals surface area contributed by atoms with Crippen molar-refractivity contribution in [2.75, 3.05) is 6.61 Å². The van der Waals surface area contributed by atoms with E-state index in [0.717, 1.165) is 18.5 Å². The van der Waals surface area contributed by atoms with Gasteiger partial charge in [0.1, 0.15) is 0 Å². The molecule has 0 aliphatic heterocycles. The maximum atomic E-state index is 12.0. The highest BCUT2D eigenvalue weighted by Gasteiger charge is 2.27. The standard InChI is InChI=1S/C16H24N2O2/c19-12-6-10-15(20)18-16(13-7-2-1-3-8-13)14-9-4-5-11-17-14/h4-5,9,11,13,16,19H,1-3,6-8,10,12H2,(H,18,20). The molecular weight excluding hydrogens is 252 g/mol. The van der Waals surface area contributed by atoms with E-state index in [4.69, 9.17) is 5.11 Å². The van der Waals surface area contributed by atoms with E-state index in [1.807, 2.05) is 18.2 Å². The first-order valence-electron chi connectivity index (χ1n) is 7.62. The van der Waals surface area contributed by atoms with Crippen molar-refractivity contribution in [3.63, 3.8) is 0 Å². The van der Waals surface area contributed by atoms with Gasteiger partial charge in [0, 0.05) is 19.2 Å². The van der Waals surface area contributed by atoms with Crippen LogP contribution in [0.5, 0.6) is 0 Å². The second-order valence-corrected chi connectivity index (χ2v) is 5.53. The molecule has 1 aliphatic carbocycles. The predicted molar refractivity (Wildman–Crippen MR) is 78.0 cm³/mol. The second kappa shape index (κ2) is 8.00. The molecule has 1 atom stereocenters. The zero-order valence-electron chi connectivity index (χ0n) is 11.9. The van der Waals surface area contributed by atoms with Crippen molar-refractivity contribution in [3.8, 4) is 0 Å². The van der Waals surface area contributed by atoms with Crippen molar-refractivity contribution >= 4 is 5.91 Å². The van der Waals surface area contributed by atoms with E-state index >= 15 is 0 Å². The first kappa shape index (κ1) is 15.0. The fourth-order valence-corrected chi connectivity index (χ4v) is 2.95. The lowest BCUT2D eigenvalue weighted by Gasteiger charge is -2.30. The van der Waals surface area contributed by atoms with Gasteiger partial charge in [-0.3, -0.25) is 9.78 Å². The molecule has 1 unspecified atom stereocenters. The van der Waals surface area contributed by atoms with Gasteiger partial charge in [-0.05, 0) is 37.3 Å². The molecule has 1 amide bonds. The van der Waals surface area contributed by atoms with Gasteiger partial charge in [-0.2, -0.15) is 0 Å². The van der Waals surface area contributed by atoms with Crippen LogP contribution in [-0.2, 0) is 4.79 Å². The summed E-state index contributed by atoms with van der Waals surface area (Å²) in [6.45, 7) is 0.0606. The number of aliphatic hydroxyl groups excluding tert-OH is 1. The molecule has 20 heavy (non-hydrogen) atoms. The Bertz CT molecular complexity index is 402. The molecule has 4 heteroatoms. The summed E-state index contributed by atoms with van der Waals surface area (Å²) in [5.41, 5.74) is 0.955. The molecule has 1 aromatic rings. The van der Waals surface area contributed by atoms with Crippen molar-refractivity contribution in [1.29, 1.82) is 0 Å². The van der Waals surface area contributed by atoms with Crippen LogP contribution in [0.3, 0.4) is 0 Å². The molecule has 0 aromatic carbocycles. The summed E-state index contributed by atoms with van der Waals surface area (Å²) in [4.78, 5) is 16.4. The summed E-state index contributed by atoms with van der Waals surface area (Å²) in [6.07, 6.45) is 8.76. The van der Waals surface area contributed by atoms with Crippen LogP contribution in [0.2, 0.25) is 0 Å². The molecule has 110 valence electrons. The van der Waals surface area contributed by atoms with Gasteiger partial charge in [0.15, 0.2) is 0 Å². The van der Waals surface area contributed by atoms with Crippen molar-refractivity contribution in [2.45, 2.75) is 51.0 Å². The molecule has 1 aromatic heterocycles. The molecule has 4 nitrogen and oxygen atoms in total. The van der Waals surface area contributed by atoms with Gasteiger partial charge in [-0.1, -0.05) is 25.3 Å². The number of hydrogen-bond donors (Lipinski definition) is 2. The Hall–Kier alpha value is -1.42. The Kier molecular flexibility index (Phi) is 5.99. The van der Waals surface area contributed by atoms with Crippen LogP contribution >= 0.6 is 0 Å². The van der Waals surface area contributed by atoms with E-state index in [0.29, 0.717) is 18.8 Å². The Morgan fingerprint density at radius 3 is 2.80 bits per heavy atom. The minimum Gasteiger partial charge on any atom is -0.396 e. The number of hydrogen-bond acceptors (Lipinski definition) is 3. The first-order chi connectivity index (χ1) is 9.81. The molecule has 0 saturated heterocycles. The van der Waals surface area contributed by atoms with Crippen LogP contribution in [0.4, 0.5) is 0 Å². The smallest absolute Gasteiger partial charge is 0.220 e. The molecule has 1 aliphatic rings. The van der Waals surface area contributed by atoms with Crippen LogP contribution in [-0.4, -0.2) is 22.6 Å². The third kappa shape index (κ3) is 4.30. The van der Waals surface area contributed by atoms with Gasteiger partial charge in [-0.25, -0.2) is 0 Å². The predicted octanol–water partition coefficient (Wildman–Crippen LogP) is 2.59. The van der Waals surface area contributed by atoms with Crippen LogP contribution in [0, 0.1) is 5.92 Å². The Morgan fingerprint density at radius 1 is 1.35 bits per heavy atom. The number of rotatable bonds is 6. The van der Waals surface area contributed by atoms with E-state index < -0.39 is 0 Å². The number of carbonyl (C=O) groups excluding carboxylic acids is 1. The zero-order valence-corrected chi connectivity index (χ0v) is 11.9. The van der Waals surface area contributed by atoms with Crippen molar-refractivity contribution in [1.82, 2.24) is 10.3 Å². The van der Waals surface area contributed by atoms with Crippen LogP contribution in [0.1, 0.15) is 56.7 Å². The Balaban J connectivity index is 2.05. The number of aliphatic hydroxyl groups is 1. The fraction of sp³-hybridized carbons (Fsp3) is 0.625. The topological polar surface area (TPSA) is 62.2 Å². The van der Waals surface area contributed by atoms with Crippen LogP contribution < -0.4 is 5.32 Å². The van der Waals surface area contributed by atoms with Crippen LogP contribution in [0.15, 0.2) is 24.4 Å². The lowest BCUT2D eigenvalue weighted by molar-refractivity contribution is -0.122. The van der Waals surface area contributed by atoms with E-state index in [1.165, 1.54) is 19.3 Å². The van der Waals surface area contributed by atoms with Gasteiger partial charge in [-0.15, -0.1) is 0 Å². The monoisotopic (exact) mass is 276 g/mol. The van der Waals surface area contributed by atoms with Gasteiger partial charge in [0.2, 0.25) is 5.91 Å². The van der Waals surface area contributed by atoms with Gasteiger partial charge in [0.25, 0.3) is 0 Å². The summed E-state index contributed by atoms with van der Waals surface area (Å²) in [5, 5.41) is 11.9. The van der Waals surface area contributed by atoms with E-state index in [9.17, 15) is 4.79 Å². The third-order valence-corrected chi connectivity index (χ3v) is 4.01. The highest BCUT2D eigenvalue weighted by molar-refractivity contribution is 5.76. The van der Waals surface area contributed by atoms with Crippen molar-refractivity contribution in [2.24, 2.45) is 5.92 Å².